The van der Waals surface area contributed by atoms with Crippen LogP contribution in [0.25, 0.3) is 0 Å². The average molecular weight is 428 g/mol. The molecule has 1 aromatic heterocycles. The van der Waals surface area contributed by atoms with E-state index in [0.29, 0.717) is 29.0 Å². The lowest BCUT2D eigenvalue weighted by Crippen LogP contribution is -2.42. The van der Waals surface area contributed by atoms with E-state index in [0.717, 1.165) is 0 Å². The van der Waals surface area contributed by atoms with E-state index >= 15 is 0 Å². The maximum atomic E-state index is 13.4. The molecule has 2 aliphatic rings. The summed E-state index contributed by atoms with van der Waals surface area (Å²) in [7, 11) is 0. The second-order valence-electron chi connectivity index (χ2n) is 6.74. The number of hydrogen-bond acceptors (Lipinski definition) is 3. The van der Waals surface area contributed by atoms with Gasteiger partial charge in [-0.2, -0.15) is 13.2 Å². The number of pyridine rings is 1. The van der Waals surface area contributed by atoms with Gasteiger partial charge in [0.25, 0.3) is 5.92 Å². The molecule has 0 saturated carbocycles. The molecule has 3 heterocycles. The van der Waals surface area contributed by atoms with E-state index in [9.17, 15) is 22.0 Å². The molecule has 25 heavy (non-hydrogen) atoms. The number of hydrogen-bond donors (Lipinski definition) is 0. The van der Waals surface area contributed by atoms with Gasteiger partial charge in [0.05, 0.1) is 23.8 Å². The van der Waals surface area contributed by atoms with Crippen molar-refractivity contribution in [3.05, 3.63) is 22.4 Å². The minimum absolute atomic E-state index is 0.115. The van der Waals surface area contributed by atoms with Gasteiger partial charge in [0, 0.05) is 32.6 Å². The monoisotopic (exact) mass is 427 g/mol. The van der Waals surface area contributed by atoms with E-state index in [1.807, 2.05) is 0 Å². The molecule has 0 amide bonds. The maximum absolute atomic E-state index is 13.4. The van der Waals surface area contributed by atoms with Gasteiger partial charge in [-0.15, -0.1) is 0 Å². The minimum atomic E-state index is -4.22. The summed E-state index contributed by atoms with van der Waals surface area (Å²) in [6.45, 7) is 0.518. The van der Waals surface area contributed by atoms with Gasteiger partial charge in [0.15, 0.2) is 0 Å². The van der Waals surface area contributed by atoms with Crippen LogP contribution in [0.1, 0.15) is 25.0 Å². The first kappa shape index (κ1) is 18.8. The molecule has 1 atom stereocenters. The fourth-order valence-electron chi connectivity index (χ4n) is 3.49. The van der Waals surface area contributed by atoms with Gasteiger partial charge in [-0.05, 0) is 40.9 Å². The predicted octanol–water partition coefficient (Wildman–Crippen LogP) is 4.46. The van der Waals surface area contributed by atoms with E-state index in [1.54, 1.807) is 21.9 Å². The van der Waals surface area contributed by atoms with Crippen molar-refractivity contribution < 1.29 is 22.0 Å². The molecule has 2 saturated heterocycles. The van der Waals surface area contributed by atoms with Crippen molar-refractivity contribution in [2.75, 3.05) is 31.1 Å². The Hall–Kier alpha value is -0.960. The zero-order valence-corrected chi connectivity index (χ0v) is 15.1. The van der Waals surface area contributed by atoms with Crippen LogP contribution in [0.2, 0.25) is 0 Å². The lowest BCUT2D eigenvalue weighted by molar-refractivity contribution is -0.176. The second-order valence-corrected chi connectivity index (χ2v) is 7.56. The quantitative estimate of drug-likeness (QED) is 0.524. The SMILES string of the molecule is FC1(F)CCN(Cc2nc(Br)ccc2N2CCCC(C(F)(F)F)C2)C1. The molecule has 0 aliphatic carbocycles. The van der Waals surface area contributed by atoms with Gasteiger partial charge in [-0.25, -0.2) is 13.8 Å². The normalized spacial score (nSPS) is 24.7. The lowest BCUT2D eigenvalue weighted by Gasteiger charge is -2.36. The van der Waals surface area contributed by atoms with Gasteiger partial charge in [0.2, 0.25) is 0 Å². The molecule has 2 fully saturated rings. The standard InChI is InChI=1S/C16H19BrF5N3/c17-14-4-3-13(25-6-1-2-11(8-25)16(20,21)22)12(23-14)9-24-7-5-15(18,19)10-24/h3-4,11H,1-2,5-10H2. The number of nitrogens with zero attached hydrogens (tertiary/aromatic N) is 3. The van der Waals surface area contributed by atoms with Crippen molar-refractivity contribution in [3.63, 3.8) is 0 Å². The van der Waals surface area contributed by atoms with Gasteiger partial charge in [-0.1, -0.05) is 0 Å². The second kappa shape index (κ2) is 6.98. The molecule has 9 heteroatoms. The number of rotatable bonds is 3. The van der Waals surface area contributed by atoms with Crippen molar-refractivity contribution in [1.29, 1.82) is 0 Å². The first-order valence-corrected chi connectivity index (χ1v) is 9.01. The summed E-state index contributed by atoms with van der Waals surface area (Å²) in [6.07, 6.45) is -3.85. The van der Waals surface area contributed by atoms with E-state index in [1.165, 1.54) is 0 Å². The maximum Gasteiger partial charge on any atom is 0.393 e. The largest absolute Gasteiger partial charge is 0.393 e. The van der Waals surface area contributed by atoms with E-state index < -0.39 is 18.0 Å². The van der Waals surface area contributed by atoms with Crippen LogP contribution in [-0.2, 0) is 6.54 Å². The molecule has 1 aromatic rings. The van der Waals surface area contributed by atoms with Gasteiger partial charge < -0.3 is 4.90 Å². The summed E-state index contributed by atoms with van der Waals surface area (Å²) in [5.41, 5.74) is 1.14. The molecule has 1 unspecified atom stereocenters. The summed E-state index contributed by atoms with van der Waals surface area (Å²) in [6, 6.07) is 3.40. The first-order valence-electron chi connectivity index (χ1n) is 8.21. The highest BCUT2D eigenvalue weighted by atomic mass is 79.9. The van der Waals surface area contributed by atoms with Gasteiger partial charge in [0.1, 0.15) is 4.60 Å². The van der Waals surface area contributed by atoms with Crippen molar-refractivity contribution in [2.45, 2.75) is 37.9 Å². The average Bonchev–Trinajstić information content (AvgIpc) is 2.85. The molecule has 0 radical (unpaired) electrons. The Morgan fingerprint density at radius 2 is 2.00 bits per heavy atom. The number of anilines is 1. The summed E-state index contributed by atoms with van der Waals surface area (Å²) in [5.74, 6) is -4.08. The molecule has 0 bridgehead atoms. The van der Waals surface area contributed by atoms with Crippen LogP contribution in [0.4, 0.5) is 27.6 Å². The topological polar surface area (TPSA) is 19.4 Å². The fraction of sp³-hybridized carbons (Fsp3) is 0.688. The summed E-state index contributed by atoms with van der Waals surface area (Å²) in [4.78, 5) is 7.64. The third-order valence-electron chi connectivity index (χ3n) is 4.76. The number of halogens is 6. The molecule has 0 spiro atoms. The van der Waals surface area contributed by atoms with Crippen LogP contribution in [-0.4, -0.2) is 48.2 Å². The van der Waals surface area contributed by atoms with Crippen LogP contribution in [0.15, 0.2) is 16.7 Å². The Kier molecular flexibility index (Phi) is 5.26. The fourth-order valence-corrected chi connectivity index (χ4v) is 3.83. The number of likely N-dealkylation sites (tertiary alicyclic amines) is 1. The minimum Gasteiger partial charge on any atom is -0.369 e. The Morgan fingerprint density at radius 3 is 2.64 bits per heavy atom. The van der Waals surface area contributed by atoms with Crippen molar-refractivity contribution >= 4 is 21.6 Å². The first-order chi connectivity index (χ1) is 11.6. The van der Waals surface area contributed by atoms with E-state index in [-0.39, 0.29) is 39.0 Å². The third-order valence-corrected chi connectivity index (χ3v) is 5.20. The lowest BCUT2D eigenvalue weighted by atomic mass is 9.97. The molecule has 140 valence electrons. The van der Waals surface area contributed by atoms with Crippen LogP contribution in [0.5, 0.6) is 0 Å². The predicted molar refractivity (Wildman–Crippen MR) is 87.8 cm³/mol. The Balaban J connectivity index is 1.79. The smallest absolute Gasteiger partial charge is 0.369 e. The van der Waals surface area contributed by atoms with Crippen LogP contribution in [0, 0.1) is 5.92 Å². The van der Waals surface area contributed by atoms with Crippen LogP contribution >= 0.6 is 15.9 Å². The number of piperidine rings is 1. The van der Waals surface area contributed by atoms with E-state index in [4.69, 9.17) is 0 Å². The summed E-state index contributed by atoms with van der Waals surface area (Å²) >= 11 is 3.26. The van der Waals surface area contributed by atoms with Crippen molar-refractivity contribution in [2.24, 2.45) is 5.92 Å². The highest BCUT2D eigenvalue weighted by Crippen LogP contribution is 2.36. The highest BCUT2D eigenvalue weighted by Gasteiger charge is 2.42. The zero-order valence-electron chi connectivity index (χ0n) is 13.5. The molecule has 3 rings (SSSR count). The van der Waals surface area contributed by atoms with Gasteiger partial charge >= 0.3 is 6.18 Å². The molecule has 0 N–H and O–H groups in total. The number of alkyl halides is 5. The van der Waals surface area contributed by atoms with Crippen molar-refractivity contribution in [3.8, 4) is 0 Å². The molecule has 0 aromatic carbocycles. The van der Waals surface area contributed by atoms with E-state index in [2.05, 4.69) is 20.9 Å². The van der Waals surface area contributed by atoms with Crippen molar-refractivity contribution in [1.82, 2.24) is 9.88 Å². The third kappa shape index (κ3) is 4.61. The van der Waals surface area contributed by atoms with Crippen LogP contribution < -0.4 is 4.90 Å². The summed E-state index contributed by atoms with van der Waals surface area (Å²) in [5, 5.41) is 0. The Morgan fingerprint density at radius 1 is 1.24 bits per heavy atom. The molecule has 3 nitrogen and oxygen atoms in total. The Labute approximate surface area is 151 Å². The Bertz CT molecular complexity index is 622. The summed E-state index contributed by atoms with van der Waals surface area (Å²) < 4.78 is 66.6. The molecule has 2 aliphatic heterocycles. The van der Waals surface area contributed by atoms with Crippen LogP contribution in [0.3, 0.4) is 0 Å². The zero-order chi connectivity index (χ0) is 18.2. The number of aromatic nitrogens is 1. The highest BCUT2D eigenvalue weighted by molar-refractivity contribution is 9.10. The van der Waals surface area contributed by atoms with Gasteiger partial charge in [-0.3, -0.25) is 4.90 Å². The molecular weight excluding hydrogens is 409 g/mol. The molecular formula is C16H19BrF5N3.